The molecule has 5 nitrogen and oxygen atoms in total. The standard InChI is InChI=1S/C9H18N2O3/c1-4-5-10-6-8(12)11-7-9(13-2)14-3/h4,9-10H,1,5-7H2,2-3H3,(H,11,12). The van der Waals surface area contributed by atoms with E-state index in [1.807, 2.05) is 0 Å². The average molecular weight is 202 g/mol. The van der Waals surface area contributed by atoms with Crippen LogP contribution in [-0.2, 0) is 14.3 Å². The van der Waals surface area contributed by atoms with Crippen LogP contribution >= 0.6 is 0 Å². The van der Waals surface area contributed by atoms with Gasteiger partial charge in [0.2, 0.25) is 5.91 Å². The summed E-state index contributed by atoms with van der Waals surface area (Å²) in [6, 6.07) is 0. The van der Waals surface area contributed by atoms with Crippen molar-refractivity contribution in [2.45, 2.75) is 6.29 Å². The molecule has 0 aromatic heterocycles. The van der Waals surface area contributed by atoms with Gasteiger partial charge >= 0.3 is 0 Å². The maximum atomic E-state index is 11.1. The Morgan fingerprint density at radius 3 is 2.64 bits per heavy atom. The van der Waals surface area contributed by atoms with Crippen LogP contribution in [0.2, 0.25) is 0 Å². The minimum absolute atomic E-state index is 0.0917. The summed E-state index contributed by atoms with van der Waals surface area (Å²) in [6.07, 6.45) is 1.30. The second-order valence-electron chi connectivity index (χ2n) is 2.62. The summed E-state index contributed by atoms with van der Waals surface area (Å²) < 4.78 is 9.80. The lowest BCUT2D eigenvalue weighted by Gasteiger charge is -2.13. The van der Waals surface area contributed by atoms with Gasteiger partial charge in [0.05, 0.1) is 13.1 Å². The van der Waals surface area contributed by atoms with E-state index in [2.05, 4.69) is 17.2 Å². The molecule has 0 atom stereocenters. The van der Waals surface area contributed by atoms with Crippen LogP contribution in [0.1, 0.15) is 0 Å². The van der Waals surface area contributed by atoms with Crippen molar-refractivity contribution in [3.63, 3.8) is 0 Å². The van der Waals surface area contributed by atoms with Crippen molar-refractivity contribution >= 4 is 5.91 Å². The largest absolute Gasteiger partial charge is 0.354 e. The molecule has 2 N–H and O–H groups in total. The number of nitrogens with one attached hydrogen (secondary N) is 2. The van der Waals surface area contributed by atoms with E-state index in [-0.39, 0.29) is 12.5 Å². The number of amides is 1. The molecule has 0 aromatic rings. The van der Waals surface area contributed by atoms with Crippen molar-refractivity contribution in [1.82, 2.24) is 10.6 Å². The monoisotopic (exact) mass is 202 g/mol. The molecule has 0 saturated heterocycles. The molecule has 0 rings (SSSR count). The van der Waals surface area contributed by atoms with Crippen molar-refractivity contribution in [3.05, 3.63) is 12.7 Å². The average Bonchev–Trinajstić information content (AvgIpc) is 2.20. The molecule has 0 aliphatic rings. The first-order valence-electron chi connectivity index (χ1n) is 4.38. The maximum Gasteiger partial charge on any atom is 0.234 e. The second kappa shape index (κ2) is 8.68. The minimum Gasteiger partial charge on any atom is -0.354 e. The zero-order valence-corrected chi connectivity index (χ0v) is 8.71. The quantitative estimate of drug-likeness (QED) is 0.316. The third-order valence-corrected chi connectivity index (χ3v) is 1.57. The van der Waals surface area contributed by atoms with E-state index in [0.717, 1.165) is 0 Å². The van der Waals surface area contributed by atoms with Crippen LogP contribution in [0.5, 0.6) is 0 Å². The summed E-state index contributed by atoms with van der Waals surface area (Å²) in [5.74, 6) is -0.0917. The van der Waals surface area contributed by atoms with E-state index >= 15 is 0 Å². The Morgan fingerprint density at radius 1 is 1.50 bits per heavy atom. The molecule has 0 saturated carbocycles. The SMILES string of the molecule is C=CCNCC(=O)NCC(OC)OC. The summed E-state index contributed by atoms with van der Waals surface area (Å²) in [6.45, 7) is 4.76. The van der Waals surface area contributed by atoms with Gasteiger partial charge in [0.15, 0.2) is 6.29 Å². The van der Waals surface area contributed by atoms with Crippen LogP contribution in [0.3, 0.4) is 0 Å². The molecule has 5 heteroatoms. The molecule has 82 valence electrons. The Labute approximate surface area is 84.5 Å². The highest BCUT2D eigenvalue weighted by Crippen LogP contribution is 1.86. The Bertz CT molecular complexity index is 169. The molecule has 0 fully saturated rings. The summed E-state index contributed by atoms with van der Waals surface area (Å²) in [5, 5.41) is 5.54. The van der Waals surface area contributed by atoms with Gasteiger partial charge in [-0.3, -0.25) is 4.79 Å². The van der Waals surface area contributed by atoms with Crippen LogP contribution in [0, 0.1) is 0 Å². The molecule has 0 aliphatic heterocycles. The lowest BCUT2D eigenvalue weighted by Crippen LogP contribution is -2.39. The van der Waals surface area contributed by atoms with Crippen LogP contribution in [0.15, 0.2) is 12.7 Å². The highest BCUT2D eigenvalue weighted by atomic mass is 16.7. The number of hydrogen-bond acceptors (Lipinski definition) is 4. The van der Waals surface area contributed by atoms with Crippen LogP contribution < -0.4 is 10.6 Å². The molecule has 0 radical (unpaired) electrons. The summed E-state index contributed by atoms with van der Waals surface area (Å²) >= 11 is 0. The van der Waals surface area contributed by atoms with Crippen molar-refractivity contribution in [2.24, 2.45) is 0 Å². The highest BCUT2D eigenvalue weighted by molar-refractivity contribution is 5.77. The number of carbonyl (C=O) groups excluding carboxylic acids is 1. The van der Waals surface area contributed by atoms with Crippen molar-refractivity contribution in [3.8, 4) is 0 Å². The molecule has 1 amide bonds. The zero-order valence-electron chi connectivity index (χ0n) is 8.71. The Balaban J connectivity index is 3.47. The lowest BCUT2D eigenvalue weighted by molar-refractivity contribution is -0.126. The van der Waals surface area contributed by atoms with E-state index in [4.69, 9.17) is 9.47 Å². The van der Waals surface area contributed by atoms with Crippen LogP contribution in [0.25, 0.3) is 0 Å². The van der Waals surface area contributed by atoms with Gasteiger partial charge in [-0.05, 0) is 0 Å². The first-order chi connectivity index (χ1) is 6.74. The fourth-order valence-corrected chi connectivity index (χ4v) is 0.810. The van der Waals surface area contributed by atoms with Gasteiger partial charge < -0.3 is 20.1 Å². The van der Waals surface area contributed by atoms with Gasteiger partial charge in [0.1, 0.15) is 0 Å². The fourth-order valence-electron chi connectivity index (χ4n) is 0.810. The van der Waals surface area contributed by atoms with Gasteiger partial charge in [0, 0.05) is 20.8 Å². The predicted molar refractivity (Wildman–Crippen MR) is 53.9 cm³/mol. The topological polar surface area (TPSA) is 59.6 Å². The number of hydrogen-bond donors (Lipinski definition) is 2. The lowest BCUT2D eigenvalue weighted by atomic mass is 10.5. The Hall–Kier alpha value is -0.910. The number of rotatable bonds is 8. The normalized spacial score (nSPS) is 10.2. The predicted octanol–water partition coefficient (Wildman–Crippen LogP) is -0.503. The minimum atomic E-state index is -0.390. The molecule has 0 unspecified atom stereocenters. The molecule has 0 aliphatic carbocycles. The number of carbonyl (C=O) groups is 1. The van der Waals surface area contributed by atoms with E-state index < -0.39 is 6.29 Å². The van der Waals surface area contributed by atoms with Crippen LogP contribution in [0.4, 0.5) is 0 Å². The van der Waals surface area contributed by atoms with Gasteiger partial charge in [-0.15, -0.1) is 6.58 Å². The van der Waals surface area contributed by atoms with Crippen molar-refractivity contribution in [1.29, 1.82) is 0 Å². The van der Waals surface area contributed by atoms with Gasteiger partial charge in [-0.1, -0.05) is 6.08 Å². The Kier molecular flexibility index (Phi) is 8.11. The highest BCUT2D eigenvalue weighted by Gasteiger charge is 2.06. The van der Waals surface area contributed by atoms with Crippen molar-refractivity contribution < 1.29 is 14.3 Å². The fraction of sp³-hybridized carbons (Fsp3) is 0.667. The van der Waals surface area contributed by atoms with Crippen LogP contribution in [-0.4, -0.2) is 46.1 Å². The maximum absolute atomic E-state index is 11.1. The Morgan fingerprint density at radius 2 is 2.14 bits per heavy atom. The first-order valence-corrected chi connectivity index (χ1v) is 4.38. The number of methoxy groups -OCH3 is 2. The van der Waals surface area contributed by atoms with E-state index in [1.54, 1.807) is 6.08 Å². The summed E-state index contributed by atoms with van der Waals surface area (Å²) in [4.78, 5) is 11.1. The molecule has 0 heterocycles. The second-order valence-corrected chi connectivity index (χ2v) is 2.62. The first kappa shape index (κ1) is 13.1. The van der Waals surface area contributed by atoms with E-state index in [9.17, 15) is 4.79 Å². The van der Waals surface area contributed by atoms with Gasteiger partial charge in [-0.25, -0.2) is 0 Å². The summed E-state index contributed by atoms with van der Waals surface area (Å²) in [5.41, 5.74) is 0. The van der Waals surface area contributed by atoms with Gasteiger partial charge in [-0.2, -0.15) is 0 Å². The third kappa shape index (κ3) is 6.59. The van der Waals surface area contributed by atoms with Gasteiger partial charge in [0.25, 0.3) is 0 Å². The number of ether oxygens (including phenoxy) is 2. The summed E-state index contributed by atoms with van der Waals surface area (Å²) in [7, 11) is 3.05. The smallest absolute Gasteiger partial charge is 0.234 e. The third-order valence-electron chi connectivity index (χ3n) is 1.57. The van der Waals surface area contributed by atoms with Crippen molar-refractivity contribution in [2.75, 3.05) is 33.9 Å². The molecule has 0 bridgehead atoms. The molecular weight excluding hydrogens is 184 g/mol. The molecular formula is C9H18N2O3. The molecule has 0 aromatic carbocycles. The molecule has 14 heavy (non-hydrogen) atoms. The molecule has 0 spiro atoms. The zero-order chi connectivity index (χ0) is 10.8. The van der Waals surface area contributed by atoms with E-state index in [0.29, 0.717) is 13.1 Å². The van der Waals surface area contributed by atoms with E-state index in [1.165, 1.54) is 14.2 Å².